The molecule has 3 nitrogen and oxygen atoms in total. The van der Waals surface area contributed by atoms with Crippen LogP contribution in [0.1, 0.15) is 44.2 Å². The smallest absolute Gasteiger partial charge is 0.165 e. The van der Waals surface area contributed by atoms with E-state index in [1.54, 1.807) is 12.1 Å². The highest BCUT2D eigenvalue weighted by Crippen LogP contribution is 2.22. The molecule has 1 saturated heterocycles. The highest BCUT2D eigenvalue weighted by molar-refractivity contribution is 5.31. The fourth-order valence-corrected chi connectivity index (χ4v) is 2.56. The number of methoxy groups -OCH3 is 1. The van der Waals surface area contributed by atoms with Crippen molar-refractivity contribution < 1.29 is 13.9 Å². The molecule has 2 unspecified atom stereocenters. The highest BCUT2D eigenvalue weighted by atomic mass is 19.1. The molecular formula is C16H24FNO2. The molecule has 1 aromatic rings. The van der Waals surface area contributed by atoms with Crippen molar-refractivity contribution in [3.63, 3.8) is 0 Å². The van der Waals surface area contributed by atoms with Crippen molar-refractivity contribution in [2.75, 3.05) is 20.3 Å². The predicted molar refractivity (Wildman–Crippen MR) is 77.6 cm³/mol. The van der Waals surface area contributed by atoms with Crippen molar-refractivity contribution in [2.45, 2.75) is 44.8 Å². The topological polar surface area (TPSA) is 30.5 Å². The minimum atomic E-state index is -0.320. The van der Waals surface area contributed by atoms with E-state index in [9.17, 15) is 4.39 Å². The molecule has 1 fully saturated rings. The Morgan fingerprint density at radius 2 is 2.30 bits per heavy atom. The highest BCUT2D eigenvalue weighted by Gasteiger charge is 2.14. The van der Waals surface area contributed by atoms with Crippen LogP contribution in [0, 0.1) is 5.82 Å². The molecule has 4 heteroatoms. The molecule has 1 N–H and O–H groups in total. The lowest BCUT2D eigenvalue weighted by Gasteiger charge is -2.23. The molecule has 2 atom stereocenters. The summed E-state index contributed by atoms with van der Waals surface area (Å²) in [6, 6.07) is 5.18. The molecule has 0 spiro atoms. The Kier molecular flexibility index (Phi) is 5.80. The van der Waals surface area contributed by atoms with Gasteiger partial charge in [0.1, 0.15) is 0 Å². The van der Waals surface area contributed by atoms with Gasteiger partial charge in [-0.15, -0.1) is 0 Å². The van der Waals surface area contributed by atoms with Gasteiger partial charge in [-0.1, -0.05) is 6.07 Å². The molecule has 1 aliphatic rings. The molecule has 0 radical (unpaired) electrons. The number of hydrogen-bond acceptors (Lipinski definition) is 3. The molecule has 20 heavy (non-hydrogen) atoms. The Morgan fingerprint density at radius 1 is 1.45 bits per heavy atom. The number of hydrogen-bond donors (Lipinski definition) is 1. The second-order valence-corrected chi connectivity index (χ2v) is 5.35. The Morgan fingerprint density at radius 3 is 3.00 bits per heavy atom. The molecule has 0 bridgehead atoms. The fraction of sp³-hybridized carbons (Fsp3) is 0.625. The van der Waals surface area contributed by atoms with Crippen LogP contribution in [0.4, 0.5) is 4.39 Å². The molecule has 0 aliphatic carbocycles. The van der Waals surface area contributed by atoms with Gasteiger partial charge in [-0.25, -0.2) is 4.39 Å². The Hall–Kier alpha value is -1.13. The monoisotopic (exact) mass is 281 g/mol. The second kappa shape index (κ2) is 7.60. The van der Waals surface area contributed by atoms with Gasteiger partial charge in [0.05, 0.1) is 13.2 Å². The van der Waals surface area contributed by atoms with E-state index in [2.05, 4.69) is 12.2 Å². The molecule has 1 aromatic carbocycles. The Balaban J connectivity index is 1.80. The van der Waals surface area contributed by atoms with Crippen LogP contribution < -0.4 is 10.1 Å². The second-order valence-electron chi connectivity index (χ2n) is 5.35. The summed E-state index contributed by atoms with van der Waals surface area (Å²) in [5.41, 5.74) is 1.04. The fourth-order valence-electron chi connectivity index (χ4n) is 2.56. The summed E-state index contributed by atoms with van der Waals surface area (Å²) in [6.45, 7) is 3.88. The van der Waals surface area contributed by atoms with Gasteiger partial charge in [0.15, 0.2) is 11.6 Å². The van der Waals surface area contributed by atoms with E-state index in [0.717, 1.165) is 25.1 Å². The lowest BCUT2D eigenvalue weighted by Crippen LogP contribution is -2.27. The SMILES string of the molecule is COc1cc(C(C)NCCC2CCCCO2)ccc1F. The van der Waals surface area contributed by atoms with Crippen molar-refractivity contribution >= 4 is 0 Å². The third kappa shape index (κ3) is 4.18. The summed E-state index contributed by atoms with van der Waals surface area (Å²) >= 11 is 0. The van der Waals surface area contributed by atoms with Crippen LogP contribution in [-0.2, 0) is 4.74 Å². The van der Waals surface area contributed by atoms with Crippen LogP contribution in [0.2, 0.25) is 0 Å². The first-order valence-corrected chi connectivity index (χ1v) is 7.39. The van der Waals surface area contributed by atoms with Gasteiger partial charge < -0.3 is 14.8 Å². The average molecular weight is 281 g/mol. The lowest BCUT2D eigenvalue weighted by molar-refractivity contribution is 0.0112. The maximum Gasteiger partial charge on any atom is 0.165 e. The lowest BCUT2D eigenvalue weighted by atomic mass is 10.1. The Labute approximate surface area is 120 Å². The van der Waals surface area contributed by atoms with E-state index in [-0.39, 0.29) is 11.9 Å². The summed E-state index contributed by atoms with van der Waals surface area (Å²) < 4.78 is 24.1. The molecular weight excluding hydrogens is 257 g/mol. The summed E-state index contributed by atoms with van der Waals surface area (Å²) in [5, 5.41) is 3.46. The van der Waals surface area contributed by atoms with Crippen LogP contribution >= 0.6 is 0 Å². The zero-order valence-electron chi connectivity index (χ0n) is 12.3. The third-order valence-corrected chi connectivity index (χ3v) is 3.87. The van der Waals surface area contributed by atoms with Gasteiger partial charge in [0, 0.05) is 12.6 Å². The van der Waals surface area contributed by atoms with Gasteiger partial charge in [-0.2, -0.15) is 0 Å². The number of benzene rings is 1. The third-order valence-electron chi connectivity index (χ3n) is 3.87. The molecule has 112 valence electrons. The van der Waals surface area contributed by atoms with Crippen molar-refractivity contribution in [3.05, 3.63) is 29.6 Å². The minimum absolute atomic E-state index is 0.174. The molecule has 2 rings (SSSR count). The van der Waals surface area contributed by atoms with Crippen molar-refractivity contribution in [2.24, 2.45) is 0 Å². The number of halogens is 1. The first kappa shape index (κ1) is 15.3. The number of nitrogens with one attached hydrogen (secondary N) is 1. The van der Waals surface area contributed by atoms with Gasteiger partial charge in [0.2, 0.25) is 0 Å². The van der Waals surface area contributed by atoms with Crippen molar-refractivity contribution in [1.82, 2.24) is 5.32 Å². The quantitative estimate of drug-likeness (QED) is 0.866. The van der Waals surface area contributed by atoms with Crippen LogP contribution in [0.15, 0.2) is 18.2 Å². The minimum Gasteiger partial charge on any atom is -0.494 e. The summed E-state index contributed by atoms with van der Waals surface area (Å²) in [6.07, 6.45) is 5.06. The van der Waals surface area contributed by atoms with E-state index in [1.165, 1.54) is 32.4 Å². The van der Waals surface area contributed by atoms with Gasteiger partial charge in [-0.05, 0) is 56.8 Å². The predicted octanol–water partition coefficient (Wildman–Crippen LogP) is 3.44. The van der Waals surface area contributed by atoms with E-state index in [1.807, 2.05) is 0 Å². The van der Waals surface area contributed by atoms with Gasteiger partial charge >= 0.3 is 0 Å². The van der Waals surface area contributed by atoms with E-state index in [4.69, 9.17) is 9.47 Å². The normalized spacial score (nSPS) is 20.6. The molecule has 0 aromatic heterocycles. The molecule has 0 saturated carbocycles. The van der Waals surface area contributed by atoms with Crippen LogP contribution in [0.25, 0.3) is 0 Å². The largest absolute Gasteiger partial charge is 0.494 e. The number of ether oxygens (including phenoxy) is 2. The van der Waals surface area contributed by atoms with Crippen LogP contribution in [0.3, 0.4) is 0 Å². The zero-order chi connectivity index (χ0) is 14.4. The maximum absolute atomic E-state index is 13.4. The molecule has 1 heterocycles. The zero-order valence-corrected chi connectivity index (χ0v) is 12.3. The average Bonchev–Trinajstić information content (AvgIpc) is 2.48. The van der Waals surface area contributed by atoms with Gasteiger partial charge in [0.25, 0.3) is 0 Å². The van der Waals surface area contributed by atoms with Crippen LogP contribution in [-0.4, -0.2) is 26.4 Å². The first-order valence-electron chi connectivity index (χ1n) is 7.39. The summed E-state index contributed by atoms with van der Waals surface area (Å²) in [5.74, 6) is -0.0224. The molecule has 1 aliphatic heterocycles. The first-order chi connectivity index (χ1) is 9.70. The van der Waals surface area contributed by atoms with E-state index < -0.39 is 0 Å². The van der Waals surface area contributed by atoms with Crippen molar-refractivity contribution in [3.8, 4) is 5.75 Å². The van der Waals surface area contributed by atoms with Crippen molar-refractivity contribution in [1.29, 1.82) is 0 Å². The van der Waals surface area contributed by atoms with E-state index in [0.29, 0.717) is 11.9 Å². The molecule has 0 amide bonds. The van der Waals surface area contributed by atoms with E-state index >= 15 is 0 Å². The number of rotatable bonds is 6. The van der Waals surface area contributed by atoms with Gasteiger partial charge in [-0.3, -0.25) is 0 Å². The summed E-state index contributed by atoms with van der Waals surface area (Å²) in [7, 11) is 1.49. The maximum atomic E-state index is 13.4. The Bertz CT molecular complexity index is 419. The summed E-state index contributed by atoms with van der Waals surface area (Å²) in [4.78, 5) is 0. The van der Waals surface area contributed by atoms with Crippen LogP contribution in [0.5, 0.6) is 5.75 Å². The standard InChI is InChI=1S/C16H24FNO2/c1-12(13-6-7-15(17)16(11-13)19-2)18-9-8-14-5-3-4-10-20-14/h6-7,11-12,14,18H,3-5,8-10H2,1-2H3.